The third-order valence-corrected chi connectivity index (χ3v) is 3.21. The van der Waals surface area contributed by atoms with Gasteiger partial charge in [-0.15, -0.1) is 0 Å². The summed E-state index contributed by atoms with van der Waals surface area (Å²) < 4.78 is 0. The maximum atomic E-state index is 11.2. The Morgan fingerprint density at radius 1 is 1.29 bits per heavy atom. The maximum absolute atomic E-state index is 11.2. The van der Waals surface area contributed by atoms with Gasteiger partial charge in [0.15, 0.2) is 0 Å². The van der Waals surface area contributed by atoms with Crippen molar-refractivity contribution >= 4 is 11.9 Å². The van der Waals surface area contributed by atoms with E-state index in [4.69, 9.17) is 10.2 Å². The first-order chi connectivity index (χ1) is 7.81. The van der Waals surface area contributed by atoms with Crippen LogP contribution in [0, 0.1) is 15.5 Å². The Labute approximate surface area is 98.6 Å². The minimum absolute atomic E-state index is 0.101. The summed E-state index contributed by atoms with van der Waals surface area (Å²) in [4.78, 5) is 31.9. The van der Waals surface area contributed by atoms with E-state index in [9.17, 15) is 19.7 Å². The molecule has 0 aliphatic heterocycles. The van der Waals surface area contributed by atoms with Gasteiger partial charge in [0.25, 0.3) is 0 Å². The fourth-order valence-corrected chi connectivity index (χ4v) is 2.01. The molecular formula is C10H17NO6. The summed E-state index contributed by atoms with van der Waals surface area (Å²) in [5.41, 5.74) is -1.49. The molecule has 1 unspecified atom stereocenters. The van der Waals surface area contributed by atoms with Gasteiger partial charge < -0.3 is 10.2 Å². The number of nitrogens with zero attached hydrogens (tertiary/aromatic N) is 1. The highest BCUT2D eigenvalue weighted by Crippen LogP contribution is 2.35. The van der Waals surface area contributed by atoms with Crippen LogP contribution in [0.3, 0.4) is 0 Å². The van der Waals surface area contributed by atoms with Crippen molar-refractivity contribution in [3.05, 3.63) is 10.1 Å². The molecule has 17 heavy (non-hydrogen) atoms. The van der Waals surface area contributed by atoms with Crippen molar-refractivity contribution in [2.45, 2.75) is 45.6 Å². The Balaban J connectivity index is 5.16. The van der Waals surface area contributed by atoms with Gasteiger partial charge in [-0.2, -0.15) is 0 Å². The molecule has 0 rings (SSSR count). The molecule has 0 saturated heterocycles. The number of nitro groups is 1. The Morgan fingerprint density at radius 2 is 1.76 bits per heavy atom. The quantitative estimate of drug-likeness (QED) is 0.494. The van der Waals surface area contributed by atoms with E-state index in [-0.39, 0.29) is 19.3 Å². The van der Waals surface area contributed by atoms with Crippen LogP contribution < -0.4 is 0 Å². The summed E-state index contributed by atoms with van der Waals surface area (Å²) in [5.74, 6) is -2.40. The van der Waals surface area contributed by atoms with Crippen molar-refractivity contribution in [2.24, 2.45) is 5.41 Å². The van der Waals surface area contributed by atoms with E-state index in [1.165, 1.54) is 0 Å². The zero-order valence-electron chi connectivity index (χ0n) is 9.88. The maximum Gasteiger partial charge on any atom is 0.316 e. The highest BCUT2D eigenvalue weighted by atomic mass is 16.6. The van der Waals surface area contributed by atoms with Crippen LogP contribution in [-0.4, -0.2) is 33.1 Å². The van der Waals surface area contributed by atoms with Crippen molar-refractivity contribution < 1.29 is 24.7 Å². The predicted molar refractivity (Wildman–Crippen MR) is 58.3 cm³/mol. The highest BCUT2D eigenvalue weighted by molar-refractivity contribution is 5.75. The molecule has 0 aliphatic rings. The Hall–Kier alpha value is -1.66. The average Bonchev–Trinajstić information content (AvgIpc) is 2.23. The normalized spacial score (nSPS) is 13.1. The first kappa shape index (κ1) is 15.3. The number of hydrogen-bond acceptors (Lipinski definition) is 4. The van der Waals surface area contributed by atoms with E-state index in [2.05, 4.69) is 0 Å². The van der Waals surface area contributed by atoms with E-state index >= 15 is 0 Å². The van der Waals surface area contributed by atoms with Gasteiger partial charge in [-0.25, -0.2) is 0 Å². The zero-order chi connectivity index (χ0) is 13.6. The van der Waals surface area contributed by atoms with Gasteiger partial charge >= 0.3 is 11.9 Å². The molecule has 0 amide bonds. The molecule has 0 aliphatic carbocycles. The number of hydrogen-bond donors (Lipinski definition) is 2. The van der Waals surface area contributed by atoms with Crippen LogP contribution in [0.5, 0.6) is 0 Å². The average molecular weight is 247 g/mol. The van der Waals surface area contributed by atoms with Crippen LogP contribution in [0.2, 0.25) is 0 Å². The fraction of sp³-hybridized carbons (Fsp3) is 0.800. The molecule has 7 nitrogen and oxygen atoms in total. The van der Waals surface area contributed by atoms with Crippen LogP contribution in [0.1, 0.15) is 39.5 Å². The molecule has 0 bridgehead atoms. The molecule has 0 aromatic heterocycles. The second-order valence-electron chi connectivity index (χ2n) is 3.90. The summed E-state index contributed by atoms with van der Waals surface area (Å²) in [6.07, 6.45) is -0.467. The first-order valence-electron chi connectivity index (χ1n) is 5.40. The van der Waals surface area contributed by atoms with E-state index in [1.54, 1.807) is 13.8 Å². The minimum atomic E-state index is -1.49. The standard InChI is InChI=1S/C10H17NO6/c1-3-10(4-2,9(14)15)7(11(16)17)5-6-8(12)13/h7H,3-6H2,1-2H3,(H,12,13)(H,14,15). The Morgan fingerprint density at radius 3 is 2.00 bits per heavy atom. The van der Waals surface area contributed by atoms with E-state index in [0.717, 1.165) is 0 Å². The highest BCUT2D eigenvalue weighted by Gasteiger charge is 2.50. The lowest BCUT2D eigenvalue weighted by molar-refractivity contribution is -0.540. The van der Waals surface area contributed by atoms with E-state index in [0.29, 0.717) is 0 Å². The lowest BCUT2D eigenvalue weighted by Gasteiger charge is -2.29. The van der Waals surface area contributed by atoms with E-state index < -0.39 is 34.7 Å². The van der Waals surface area contributed by atoms with Crippen molar-refractivity contribution in [2.75, 3.05) is 0 Å². The fourth-order valence-electron chi connectivity index (χ4n) is 2.01. The lowest BCUT2D eigenvalue weighted by Crippen LogP contribution is -2.46. The third-order valence-electron chi connectivity index (χ3n) is 3.21. The number of carboxylic acid groups (broad SMARTS) is 2. The molecule has 0 radical (unpaired) electrons. The van der Waals surface area contributed by atoms with E-state index in [1.807, 2.05) is 0 Å². The minimum Gasteiger partial charge on any atom is -0.481 e. The number of carboxylic acids is 2. The monoisotopic (exact) mass is 247 g/mol. The molecule has 0 spiro atoms. The van der Waals surface area contributed by atoms with Gasteiger partial charge in [-0.1, -0.05) is 13.8 Å². The molecular weight excluding hydrogens is 230 g/mol. The van der Waals surface area contributed by atoms with Gasteiger partial charge in [0.2, 0.25) is 6.04 Å². The van der Waals surface area contributed by atoms with Crippen LogP contribution >= 0.6 is 0 Å². The molecule has 98 valence electrons. The lowest BCUT2D eigenvalue weighted by atomic mass is 9.74. The molecule has 0 fully saturated rings. The third kappa shape index (κ3) is 3.40. The van der Waals surface area contributed by atoms with Gasteiger partial charge in [0.05, 0.1) is 6.42 Å². The van der Waals surface area contributed by atoms with Gasteiger partial charge in [-0.3, -0.25) is 19.7 Å². The molecule has 0 saturated carbocycles. The van der Waals surface area contributed by atoms with Gasteiger partial charge in [0.1, 0.15) is 5.41 Å². The molecule has 1 atom stereocenters. The van der Waals surface area contributed by atoms with Crippen LogP contribution in [0.25, 0.3) is 0 Å². The zero-order valence-corrected chi connectivity index (χ0v) is 9.88. The topological polar surface area (TPSA) is 118 Å². The number of aliphatic carboxylic acids is 2. The summed E-state index contributed by atoms with van der Waals surface area (Å²) in [6, 6.07) is -1.37. The predicted octanol–water partition coefficient (Wildman–Crippen LogP) is 1.39. The number of carbonyl (C=O) groups is 2. The SMILES string of the molecule is CCC(CC)(C(=O)O)C(CCC(=O)O)[N+](=O)[O-]. The Bertz CT molecular complexity index is 310. The summed E-state index contributed by atoms with van der Waals surface area (Å²) in [7, 11) is 0. The summed E-state index contributed by atoms with van der Waals surface area (Å²) >= 11 is 0. The van der Waals surface area contributed by atoms with Crippen molar-refractivity contribution in [3.63, 3.8) is 0 Å². The second kappa shape index (κ2) is 6.17. The molecule has 0 aromatic rings. The molecule has 0 heterocycles. The van der Waals surface area contributed by atoms with Crippen LogP contribution in [0.4, 0.5) is 0 Å². The van der Waals surface area contributed by atoms with Crippen molar-refractivity contribution in [1.82, 2.24) is 0 Å². The smallest absolute Gasteiger partial charge is 0.316 e. The summed E-state index contributed by atoms with van der Waals surface area (Å²) in [6.45, 7) is 3.13. The van der Waals surface area contributed by atoms with Gasteiger partial charge in [-0.05, 0) is 12.8 Å². The first-order valence-corrected chi connectivity index (χ1v) is 5.40. The molecule has 0 aromatic carbocycles. The largest absolute Gasteiger partial charge is 0.481 e. The van der Waals surface area contributed by atoms with Gasteiger partial charge in [0, 0.05) is 11.3 Å². The van der Waals surface area contributed by atoms with Crippen molar-refractivity contribution in [1.29, 1.82) is 0 Å². The molecule has 7 heteroatoms. The van der Waals surface area contributed by atoms with Crippen LogP contribution in [0.15, 0.2) is 0 Å². The second-order valence-corrected chi connectivity index (χ2v) is 3.90. The molecule has 2 N–H and O–H groups in total. The van der Waals surface area contributed by atoms with Crippen molar-refractivity contribution in [3.8, 4) is 0 Å². The Kier molecular flexibility index (Phi) is 5.57. The van der Waals surface area contributed by atoms with Crippen LogP contribution in [-0.2, 0) is 9.59 Å². The summed E-state index contributed by atoms with van der Waals surface area (Å²) in [5, 5.41) is 28.6. The number of rotatable bonds is 8.